The first-order valence-electron chi connectivity index (χ1n) is 12.7. The van der Waals surface area contributed by atoms with Crippen LogP contribution in [0.1, 0.15) is 31.4 Å². The summed E-state index contributed by atoms with van der Waals surface area (Å²) in [5.74, 6) is -0.162. The predicted molar refractivity (Wildman–Crippen MR) is 153 cm³/mol. The monoisotopic (exact) mass is 571 g/mol. The Morgan fingerprint density at radius 2 is 1.67 bits per heavy atom. The third-order valence-electron chi connectivity index (χ3n) is 6.29. The molecular weight excluding hydrogens is 538 g/mol. The van der Waals surface area contributed by atoms with Crippen molar-refractivity contribution in [3.63, 3.8) is 0 Å². The Balaban J connectivity index is 2.07. The van der Waals surface area contributed by atoms with Crippen LogP contribution >= 0.6 is 11.6 Å². The maximum Gasteiger partial charge on any atom is 0.264 e. The van der Waals surface area contributed by atoms with Gasteiger partial charge in [0.1, 0.15) is 18.3 Å². The summed E-state index contributed by atoms with van der Waals surface area (Å²) in [6.45, 7) is 5.35. The van der Waals surface area contributed by atoms with Crippen molar-refractivity contribution in [1.29, 1.82) is 0 Å². The van der Waals surface area contributed by atoms with Crippen molar-refractivity contribution in [1.82, 2.24) is 10.2 Å². The number of hydrogen-bond acceptors (Lipinski definition) is 5. The van der Waals surface area contributed by atoms with Crippen LogP contribution in [0.25, 0.3) is 0 Å². The molecule has 0 spiro atoms. The second-order valence-corrected chi connectivity index (χ2v) is 11.2. The maximum atomic E-state index is 14.0. The van der Waals surface area contributed by atoms with Gasteiger partial charge >= 0.3 is 0 Å². The molecule has 0 aromatic heterocycles. The van der Waals surface area contributed by atoms with Crippen molar-refractivity contribution in [3.8, 4) is 5.75 Å². The highest BCUT2D eigenvalue weighted by Gasteiger charge is 2.34. The summed E-state index contributed by atoms with van der Waals surface area (Å²) in [7, 11) is -2.57. The minimum atomic E-state index is -4.14. The number of likely N-dealkylation sites (N-methyl/N-ethyl adjacent to an activating group) is 1. The van der Waals surface area contributed by atoms with Crippen molar-refractivity contribution in [3.05, 3.63) is 88.9 Å². The summed E-state index contributed by atoms with van der Waals surface area (Å²) in [6, 6.07) is 19.1. The van der Waals surface area contributed by atoms with E-state index in [1.165, 1.54) is 17.0 Å². The van der Waals surface area contributed by atoms with Gasteiger partial charge in [-0.05, 0) is 73.9 Å². The first-order valence-corrected chi connectivity index (χ1v) is 14.5. The average molecular weight is 572 g/mol. The second-order valence-electron chi connectivity index (χ2n) is 8.94. The standard InChI is InChI=1S/C29H34ClN3O5S/c1-5-26(29(35)31-6-2)32(19-22-12-15-24(38-4)16-13-22)28(34)20-33(27-17-14-23(30)18-21(27)3)39(36,37)25-10-8-7-9-11-25/h7-18,26H,5-6,19-20H2,1-4H3,(H,31,35)/t26-/m0/s1. The molecule has 0 radical (unpaired) electrons. The van der Waals surface area contributed by atoms with Crippen LogP contribution < -0.4 is 14.4 Å². The molecule has 39 heavy (non-hydrogen) atoms. The van der Waals surface area contributed by atoms with Gasteiger partial charge in [0.05, 0.1) is 17.7 Å². The van der Waals surface area contributed by atoms with E-state index in [4.69, 9.17) is 16.3 Å². The number of sulfonamides is 1. The number of methoxy groups -OCH3 is 1. The van der Waals surface area contributed by atoms with Gasteiger partial charge in [0.25, 0.3) is 10.0 Å². The highest BCUT2D eigenvalue weighted by Crippen LogP contribution is 2.29. The quantitative estimate of drug-likeness (QED) is 0.337. The summed E-state index contributed by atoms with van der Waals surface area (Å²) in [5, 5.41) is 3.24. The van der Waals surface area contributed by atoms with Gasteiger partial charge in [0.2, 0.25) is 11.8 Å². The van der Waals surface area contributed by atoms with Crippen LogP contribution in [-0.4, -0.2) is 51.4 Å². The van der Waals surface area contributed by atoms with Crippen molar-refractivity contribution >= 4 is 39.1 Å². The van der Waals surface area contributed by atoms with Crippen molar-refractivity contribution in [2.75, 3.05) is 24.5 Å². The van der Waals surface area contributed by atoms with Crippen LogP contribution in [-0.2, 0) is 26.2 Å². The Kier molecular flexibility index (Phi) is 10.4. The zero-order valence-corrected chi connectivity index (χ0v) is 24.1. The molecule has 0 unspecified atom stereocenters. The molecule has 0 heterocycles. The van der Waals surface area contributed by atoms with Crippen LogP contribution in [0.2, 0.25) is 5.02 Å². The fourth-order valence-corrected chi connectivity index (χ4v) is 6.00. The van der Waals surface area contributed by atoms with Gasteiger partial charge in [-0.15, -0.1) is 0 Å². The molecular formula is C29H34ClN3O5S. The molecule has 0 saturated heterocycles. The lowest BCUT2D eigenvalue weighted by Crippen LogP contribution is -2.52. The number of nitrogens with one attached hydrogen (secondary N) is 1. The van der Waals surface area contributed by atoms with Gasteiger partial charge in [0.15, 0.2) is 0 Å². The summed E-state index contributed by atoms with van der Waals surface area (Å²) < 4.78 is 34.0. The van der Waals surface area contributed by atoms with Crippen molar-refractivity contribution in [2.45, 2.75) is 44.7 Å². The molecule has 2 amide bonds. The molecule has 1 N–H and O–H groups in total. The number of halogens is 1. The number of hydrogen-bond donors (Lipinski definition) is 1. The Labute approximate surface area is 235 Å². The number of benzene rings is 3. The third kappa shape index (κ3) is 7.30. The van der Waals surface area contributed by atoms with Gasteiger partial charge in [-0.1, -0.05) is 48.9 Å². The highest BCUT2D eigenvalue weighted by molar-refractivity contribution is 7.92. The lowest BCUT2D eigenvalue weighted by atomic mass is 10.1. The second kappa shape index (κ2) is 13.5. The summed E-state index contributed by atoms with van der Waals surface area (Å²) in [6.07, 6.45) is 0.346. The Morgan fingerprint density at radius 1 is 1.00 bits per heavy atom. The van der Waals surface area contributed by atoms with Crippen LogP contribution in [0.4, 0.5) is 5.69 Å². The Hall–Kier alpha value is -3.56. The van der Waals surface area contributed by atoms with Crippen LogP contribution in [0.15, 0.2) is 77.7 Å². The minimum Gasteiger partial charge on any atom is -0.497 e. The largest absolute Gasteiger partial charge is 0.497 e. The van der Waals surface area contributed by atoms with E-state index in [1.807, 2.05) is 19.1 Å². The third-order valence-corrected chi connectivity index (χ3v) is 8.30. The Morgan fingerprint density at radius 3 is 2.23 bits per heavy atom. The van der Waals surface area contributed by atoms with Crippen LogP contribution in [0.5, 0.6) is 5.75 Å². The summed E-state index contributed by atoms with van der Waals surface area (Å²) in [4.78, 5) is 28.5. The smallest absolute Gasteiger partial charge is 0.264 e. The SMILES string of the molecule is CCNC(=O)[C@H](CC)N(Cc1ccc(OC)cc1)C(=O)CN(c1ccc(Cl)cc1C)S(=O)(=O)c1ccccc1. The molecule has 0 aliphatic rings. The lowest BCUT2D eigenvalue weighted by Gasteiger charge is -2.33. The number of carbonyl (C=O) groups is 2. The molecule has 3 aromatic rings. The first-order chi connectivity index (χ1) is 18.6. The fraction of sp³-hybridized carbons (Fsp3) is 0.310. The molecule has 1 atom stereocenters. The van der Waals surface area contributed by atoms with E-state index in [2.05, 4.69) is 5.32 Å². The van der Waals surface area contributed by atoms with E-state index in [-0.39, 0.29) is 17.3 Å². The number of aryl methyl sites for hydroxylation is 1. The minimum absolute atomic E-state index is 0.0459. The van der Waals surface area contributed by atoms with E-state index in [1.54, 1.807) is 69.5 Å². The molecule has 0 bridgehead atoms. The van der Waals surface area contributed by atoms with Crippen LogP contribution in [0, 0.1) is 6.92 Å². The molecule has 10 heteroatoms. The number of nitrogens with zero attached hydrogens (tertiary/aromatic N) is 2. The van der Waals surface area contributed by atoms with Gasteiger partial charge < -0.3 is 15.0 Å². The number of rotatable bonds is 12. The molecule has 208 valence electrons. The van der Waals surface area contributed by atoms with E-state index in [0.29, 0.717) is 35.0 Å². The Bertz CT molecular complexity index is 1380. The van der Waals surface area contributed by atoms with E-state index >= 15 is 0 Å². The predicted octanol–water partition coefficient (Wildman–Crippen LogP) is 4.80. The van der Waals surface area contributed by atoms with E-state index in [9.17, 15) is 18.0 Å². The zero-order valence-electron chi connectivity index (χ0n) is 22.6. The van der Waals surface area contributed by atoms with E-state index in [0.717, 1.165) is 9.87 Å². The molecule has 0 saturated carbocycles. The van der Waals surface area contributed by atoms with Gasteiger partial charge in [0, 0.05) is 18.1 Å². The summed E-state index contributed by atoms with van der Waals surface area (Å²) in [5.41, 5.74) is 1.69. The van der Waals surface area contributed by atoms with Crippen molar-refractivity contribution < 1.29 is 22.7 Å². The molecule has 0 aliphatic carbocycles. The maximum absolute atomic E-state index is 14.0. The average Bonchev–Trinajstić information content (AvgIpc) is 2.93. The van der Waals surface area contributed by atoms with Gasteiger partial charge in [-0.2, -0.15) is 0 Å². The van der Waals surface area contributed by atoms with Gasteiger partial charge in [-0.25, -0.2) is 8.42 Å². The normalized spacial score (nSPS) is 11.9. The molecule has 8 nitrogen and oxygen atoms in total. The summed E-state index contributed by atoms with van der Waals surface area (Å²) >= 11 is 6.15. The molecule has 3 rings (SSSR count). The van der Waals surface area contributed by atoms with Gasteiger partial charge in [-0.3, -0.25) is 13.9 Å². The first kappa shape index (κ1) is 30.0. The van der Waals surface area contributed by atoms with Crippen molar-refractivity contribution in [2.24, 2.45) is 0 Å². The fourth-order valence-electron chi connectivity index (χ4n) is 4.27. The molecule has 0 fully saturated rings. The zero-order chi connectivity index (χ0) is 28.6. The number of carbonyl (C=O) groups excluding carboxylic acids is 2. The molecule has 0 aliphatic heterocycles. The van der Waals surface area contributed by atoms with E-state index < -0.39 is 28.5 Å². The topological polar surface area (TPSA) is 96.0 Å². The van der Waals surface area contributed by atoms with Crippen LogP contribution in [0.3, 0.4) is 0 Å². The molecule has 3 aromatic carbocycles. The highest BCUT2D eigenvalue weighted by atomic mass is 35.5. The number of anilines is 1. The lowest BCUT2D eigenvalue weighted by molar-refractivity contribution is -0.140. The number of ether oxygens (including phenoxy) is 1. The number of amides is 2.